The van der Waals surface area contributed by atoms with E-state index in [0.717, 1.165) is 56.1 Å². The highest BCUT2D eigenvalue weighted by Gasteiger charge is 2.23. The summed E-state index contributed by atoms with van der Waals surface area (Å²) in [4.78, 5) is 31.6. The summed E-state index contributed by atoms with van der Waals surface area (Å²) < 4.78 is 0. The lowest BCUT2D eigenvalue weighted by molar-refractivity contribution is -0.129. The molecular weight excluding hydrogens is 368 g/mol. The number of pyridine rings is 1. The molecule has 1 saturated heterocycles. The summed E-state index contributed by atoms with van der Waals surface area (Å²) in [6, 6.07) is 10.4. The highest BCUT2D eigenvalue weighted by molar-refractivity contribution is 5.98. The molecule has 0 bridgehead atoms. The zero-order chi connectivity index (χ0) is 20.4. The van der Waals surface area contributed by atoms with Gasteiger partial charge in [-0.05, 0) is 37.1 Å². The van der Waals surface area contributed by atoms with Crippen LogP contribution in [0, 0.1) is 0 Å². The van der Waals surface area contributed by atoms with E-state index in [1.807, 2.05) is 23.1 Å². The van der Waals surface area contributed by atoms with Gasteiger partial charge in [-0.15, -0.1) is 0 Å². The number of hydrogen-bond donors (Lipinski definition) is 3. The van der Waals surface area contributed by atoms with E-state index in [4.69, 9.17) is 5.73 Å². The van der Waals surface area contributed by atoms with Gasteiger partial charge in [0, 0.05) is 62.8 Å². The van der Waals surface area contributed by atoms with Crippen molar-refractivity contribution in [2.45, 2.75) is 25.8 Å². The first-order valence-corrected chi connectivity index (χ1v) is 9.93. The lowest BCUT2D eigenvalue weighted by atomic mass is 10.2. The molecule has 29 heavy (non-hydrogen) atoms. The number of primary amides is 1. The van der Waals surface area contributed by atoms with Crippen LogP contribution in [0.25, 0.3) is 0 Å². The number of carbonyl (C=O) groups excluding carboxylic acids is 2. The second-order valence-corrected chi connectivity index (χ2v) is 7.56. The van der Waals surface area contributed by atoms with Gasteiger partial charge >= 0.3 is 0 Å². The summed E-state index contributed by atoms with van der Waals surface area (Å²) >= 11 is 0. The van der Waals surface area contributed by atoms with Crippen molar-refractivity contribution < 1.29 is 9.59 Å². The molecule has 4 rings (SSSR count). The van der Waals surface area contributed by atoms with Crippen molar-refractivity contribution in [2.75, 3.05) is 41.7 Å². The maximum Gasteiger partial charge on any atom is 0.252 e. The first-order valence-electron chi connectivity index (χ1n) is 9.93. The van der Waals surface area contributed by atoms with Gasteiger partial charge in [-0.25, -0.2) is 4.98 Å². The lowest BCUT2D eigenvalue weighted by Gasteiger charge is -2.35. The standard InChI is InChI=1S/C21H26N6O2/c1-14(28)26-8-10-27(11-9-26)17-6-4-16(5-7-17)25-20-12-19(24-15-2-3-15)18(13-23-20)21(22)29/h4-7,12-13,15H,2-3,8-11H2,1H3,(H2,22,29)(H2,23,24,25). The maximum atomic E-state index is 11.6. The van der Waals surface area contributed by atoms with Crippen molar-refractivity contribution in [1.82, 2.24) is 9.88 Å². The molecule has 8 nitrogen and oxygen atoms in total. The minimum absolute atomic E-state index is 0.134. The van der Waals surface area contributed by atoms with Crippen LogP contribution in [0.3, 0.4) is 0 Å². The van der Waals surface area contributed by atoms with Gasteiger partial charge in [-0.3, -0.25) is 9.59 Å². The van der Waals surface area contributed by atoms with E-state index in [0.29, 0.717) is 17.4 Å². The number of aromatic nitrogens is 1. The van der Waals surface area contributed by atoms with Crippen molar-refractivity contribution in [1.29, 1.82) is 0 Å². The van der Waals surface area contributed by atoms with Crippen molar-refractivity contribution in [3.05, 3.63) is 42.1 Å². The fourth-order valence-corrected chi connectivity index (χ4v) is 3.47. The van der Waals surface area contributed by atoms with Gasteiger partial charge in [0.1, 0.15) is 5.82 Å². The van der Waals surface area contributed by atoms with Crippen LogP contribution in [0.5, 0.6) is 0 Å². The van der Waals surface area contributed by atoms with E-state index < -0.39 is 5.91 Å². The summed E-state index contributed by atoms with van der Waals surface area (Å²) in [6.45, 7) is 4.79. The smallest absolute Gasteiger partial charge is 0.252 e. The number of nitrogens with two attached hydrogens (primary N) is 1. The molecule has 1 aromatic carbocycles. The van der Waals surface area contributed by atoms with Crippen LogP contribution < -0.4 is 21.3 Å². The molecule has 1 saturated carbocycles. The molecular formula is C21H26N6O2. The second kappa shape index (κ2) is 7.98. The van der Waals surface area contributed by atoms with Crippen molar-refractivity contribution >= 4 is 34.7 Å². The molecule has 4 N–H and O–H groups in total. The summed E-state index contributed by atoms with van der Waals surface area (Å²) in [7, 11) is 0. The van der Waals surface area contributed by atoms with Crippen LogP contribution in [0.4, 0.5) is 22.9 Å². The summed E-state index contributed by atoms with van der Waals surface area (Å²) in [5.41, 5.74) is 8.63. The monoisotopic (exact) mass is 394 g/mol. The highest BCUT2D eigenvalue weighted by atomic mass is 16.2. The number of amides is 2. The zero-order valence-corrected chi connectivity index (χ0v) is 16.5. The third-order valence-electron chi connectivity index (χ3n) is 5.34. The van der Waals surface area contributed by atoms with E-state index in [9.17, 15) is 9.59 Å². The summed E-state index contributed by atoms with van der Waals surface area (Å²) in [5, 5.41) is 6.62. The Balaban J connectivity index is 1.42. The molecule has 0 spiro atoms. The third-order valence-corrected chi connectivity index (χ3v) is 5.34. The first kappa shape index (κ1) is 19.0. The Labute approximate surface area is 170 Å². The van der Waals surface area contributed by atoms with Gasteiger partial charge in [0.2, 0.25) is 5.91 Å². The normalized spacial score (nSPS) is 16.4. The number of benzene rings is 1. The Bertz CT molecular complexity index is 902. The number of piperazine rings is 1. The lowest BCUT2D eigenvalue weighted by Crippen LogP contribution is -2.48. The number of carbonyl (C=O) groups is 2. The molecule has 2 fully saturated rings. The SMILES string of the molecule is CC(=O)N1CCN(c2ccc(Nc3cc(NC4CC4)c(C(N)=O)cn3)cc2)CC1. The van der Waals surface area contributed by atoms with Crippen molar-refractivity contribution in [3.63, 3.8) is 0 Å². The van der Waals surface area contributed by atoms with Gasteiger partial charge in [0.15, 0.2) is 0 Å². The van der Waals surface area contributed by atoms with Gasteiger partial charge < -0.3 is 26.2 Å². The Morgan fingerprint density at radius 3 is 2.38 bits per heavy atom. The van der Waals surface area contributed by atoms with E-state index in [1.54, 1.807) is 6.92 Å². The maximum absolute atomic E-state index is 11.6. The first-order chi connectivity index (χ1) is 14.0. The number of hydrogen-bond acceptors (Lipinski definition) is 6. The molecule has 1 aliphatic carbocycles. The average Bonchev–Trinajstić information content (AvgIpc) is 3.53. The second-order valence-electron chi connectivity index (χ2n) is 7.56. The molecule has 152 valence electrons. The number of nitrogens with zero attached hydrogens (tertiary/aromatic N) is 3. The molecule has 0 radical (unpaired) electrons. The number of nitrogens with one attached hydrogen (secondary N) is 2. The average molecular weight is 394 g/mol. The number of anilines is 4. The van der Waals surface area contributed by atoms with Crippen LogP contribution in [0.1, 0.15) is 30.1 Å². The molecule has 0 atom stereocenters. The van der Waals surface area contributed by atoms with E-state index in [1.165, 1.54) is 6.20 Å². The fourth-order valence-electron chi connectivity index (χ4n) is 3.47. The Kier molecular flexibility index (Phi) is 5.24. The van der Waals surface area contributed by atoms with E-state index in [-0.39, 0.29) is 5.91 Å². The van der Waals surface area contributed by atoms with Gasteiger partial charge in [0.25, 0.3) is 5.91 Å². The van der Waals surface area contributed by atoms with Crippen molar-refractivity contribution in [3.8, 4) is 0 Å². The van der Waals surface area contributed by atoms with E-state index in [2.05, 4.69) is 32.7 Å². The Morgan fingerprint density at radius 1 is 1.10 bits per heavy atom. The molecule has 8 heteroatoms. The van der Waals surface area contributed by atoms with Crippen LogP contribution in [-0.2, 0) is 4.79 Å². The number of rotatable bonds is 6. The minimum atomic E-state index is -0.485. The van der Waals surface area contributed by atoms with E-state index >= 15 is 0 Å². The predicted molar refractivity (Wildman–Crippen MR) is 114 cm³/mol. The molecule has 2 amide bonds. The highest BCUT2D eigenvalue weighted by Crippen LogP contribution is 2.29. The fraction of sp³-hybridized carbons (Fsp3) is 0.381. The van der Waals surface area contributed by atoms with Gasteiger partial charge in [-0.2, -0.15) is 0 Å². The van der Waals surface area contributed by atoms with Crippen LogP contribution in [0.2, 0.25) is 0 Å². The molecule has 2 aromatic rings. The molecule has 2 aliphatic rings. The molecule has 1 aromatic heterocycles. The van der Waals surface area contributed by atoms with Gasteiger partial charge in [0.05, 0.1) is 11.3 Å². The minimum Gasteiger partial charge on any atom is -0.382 e. The topological polar surface area (TPSA) is 104 Å². The Hall–Kier alpha value is -3.29. The van der Waals surface area contributed by atoms with Crippen LogP contribution >= 0.6 is 0 Å². The molecule has 2 heterocycles. The van der Waals surface area contributed by atoms with Gasteiger partial charge in [-0.1, -0.05) is 0 Å². The largest absolute Gasteiger partial charge is 0.382 e. The molecule has 1 aliphatic heterocycles. The molecule has 0 unspecified atom stereocenters. The van der Waals surface area contributed by atoms with Crippen LogP contribution in [0.15, 0.2) is 36.5 Å². The van der Waals surface area contributed by atoms with Crippen molar-refractivity contribution in [2.24, 2.45) is 5.73 Å². The zero-order valence-electron chi connectivity index (χ0n) is 16.5. The third kappa shape index (κ3) is 4.59. The predicted octanol–water partition coefficient (Wildman–Crippen LogP) is 2.17. The summed E-state index contributed by atoms with van der Waals surface area (Å²) in [6.07, 6.45) is 3.72. The summed E-state index contributed by atoms with van der Waals surface area (Å²) in [5.74, 6) is 0.303. The van der Waals surface area contributed by atoms with Crippen LogP contribution in [-0.4, -0.2) is 53.9 Å². The Morgan fingerprint density at radius 2 is 1.79 bits per heavy atom. The quantitative estimate of drug-likeness (QED) is 0.694.